The third-order valence-electron chi connectivity index (χ3n) is 0.564. The summed E-state index contributed by atoms with van der Waals surface area (Å²) in [6, 6.07) is 0. The summed E-state index contributed by atoms with van der Waals surface area (Å²) in [4.78, 5) is 0. The molecule has 3 nitrogen and oxygen atoms in total. The minimum Gasteiger partial charge on any atom is -0.376 e. The lowest BCUT2D eigenvalue weighted by molar-refractivity contribution is 0.0500. The van der Waals surface area contributed by atoms with Crippen LogP contribution in [-0.2, 0) is 0 Å². The molecule has 0 spiro atoms. The van der Waals surface area contributed by atoms with E-state index >= 15 is 0 Å². The highest BCUT2D eigenvalue weighted by Gasteiger charge is 2.08. The molecule has 0 saturated carbocycles. The fraction of sp³-hybridized carbons (Fsp3) is 1.00. The van der Waals surface area contributed by atoms with Crippen molar-refractivity contribution in [3.63, 3.8) is 0 Å². The van der Waals surface area contributed by atoms with E-state index in [1.807, 2.05) is 0 Å². The second-order valence-electron chi connectivity index (χ2n) is 1.04. The van der Waals surface area contributed by atoms with E-state index in [0.29, 0.717) is 6.54 Å². The summed E-state index contributed by atoms with van der Waals surface area (Å²) in [5, 5.41) is 8.27. The van der Waals surface area contributed by atoms with Crippen molar-refractivity contribution in [3.8, 4) is 0 Å². The monoisotopic (exact) mass is 74.0 g/mol. The maximum absolute atomic E-state index is 8.27. The van der Waals surface area contributed by atoms with E-state index in [9.17, 15) is 0 Å². The van der Waals surface area contributed by atoms with Crippen LogP contribution in [0.25, 0.3) is 0 Å². The molecular weight excluding hydrogens is 68.0 g/mol. The van der Waals surface area contributed by atoms with Crippen molar-refractivity contribution in [3.05, 3.63) is 0 Å². The maximum atomic E-state index is 8.27. The molecule has 0 bridgehead atoms. The largest absolute Gasteiger partial charge is 0.376 e. The van der Waals surface area contributed by atoms with Crippen LogP contribution in [0.1, 0.15) is 0 Å². The highest BCUT2D eigenvalue weighted by atomic mass is 16.3. The SMILES string of the molecule is OC1CNN1. The number of rotatable bonds is 0. The van der Waals surface area contributed by atoms with Gasteiger partial charge >= 0.3 is 0 Å². The van der Waals surface area contributed by atoms with Gasteiger partial charge in [0.1, 0.15) is 6.23 Å². The number of hydrazine groups is 1. The standard InChI is InChI=1S/C2H6N2O/c5-2-1-3-4-2/h2-5H,1H2. The molecule has 0 aromatic heterocycles. The van der Waals surface area contributed by atoms with Gasteiger partial charge in [0.15, 0.2) is 0 Å². The minimum absolute atomic E-state index is 0.296. The lowest BCUT2D eigenvalue weighted by Gasteiger charge is -2.22. The van der Waals surface area contributed by atoms with Gasteiger partial charge in [0, 0.05) is 0 Å². The maximum Gasteiger partial charge on any atom is 0.131 e. The lowest BCUT2D eigenvalue weighted by atomic mass is 10.5. The van der Waals surface area contributed by atoms with Crippen molar-refractivity contribution < 1.29 is 5.11 Å². The van der Waals surface area contributed by atoms with Gasteiger partial charge in [-0.2, -0.15) is 0 Å². The van der Waals surface area contributed by atoms with Crippen molar-refractivity contribution in [2.24, 2.45) is 0 Å². The molecule has 1 unspecified atom stereocenters. The third-order valence-corrected chi connectivity index (χ3v) is 0.564. The molecule has 1 aliphatic rings. The minimum atomic E-state index is -0.296. The van der Waals surface area contributed by atoms with Crippen LogP contribution in [0.4, 0.5) is 0 Å². The van der Waals surface area contributed by atoms with E-state index in [2.05, 4.69) is 10.9 Å². The molecule has 5 heavy (non-hydrogen) atoms. The lowest BCUT2D eigenvalue weighted by Crippen LogP contribution is -2.58. The predicted molar refractivity (Wildman–Crippen MR) is 17.1 cm³/mol. The van der Waals surface area contributed by atoms with Gasteiger partial charge in [0.05, 0.1) is 6.54 Å². The van der Waals surface area contributed by atoms with Crippen molar-refractivity contribution in [1.82, 2.24) is 10.9 Å². The Morgan fingerprint density at radius 3 is 2.20 bits per heavy atom. The van der Waals surface area contributed by atoms with Crippen LogP contribution in [0.3, 0.4) is 0 Å². The summed E-state index contributed by atoms with van der Waals surface area (Å²) in [6.45, 7) is 0.681. The zero-order valence-corrected chi connectivity index (χ0v) is 2.73. The van der Waals surface area contributed by atoms with Gasteiger partial charge in [-0.05, 0) is 0 Å². The molecule has 0 aromatic carbocycles. The Balaban J connectivity index is 2.08. The molecule has 0 aromatic rings. The first-order chi connectivity index (χ1) is 2.39. The van der Waals surface area contributed by atoms with Crippen molar-refractivity contribution in [1.29, 1.82) is 0 Å². The Morgan fingerprint density at radius 2 is 2.20 bits per heavy atom. The van der Waals surface area contributed by atoms with E-state index in [0.717, 1.165) is 0 Å². The summed E-state index contributed by atoms with van der Waals surface area (Å²) >= 11 is 0. The molecule has 0 aliphatic carbocycles. The molecule has 1 heterocycles. The Kier molecular flexibility index (Phi) is 0.574. The Morgan fingerprint density at radius 1 is 1.80 bits per heavy atom. The first-order valence-corrected chi connectivity index (χ1v) is 1.56. The van der Waals surface area contributed by atoms with Crippen LogP contribution in [0.15, 0.2) is 0 Å². The molecule has 3 heteroatoms. The molecule has 1 aliphatic heterocycles. The van der Waals surface area contributed by atoms with Gasteiger partial charge in [-0.15, -0.1) is 0 Å². The molecule has 0 amide bonds. The second-order valence-corrected chi connectivity index (χ2v) is 1.04. The van der Waals surface area contributed by atoms with Crippen LogP contribution < -0.4 is 10.9 Å². The van der Waals surface area contributed by atoms with Crippen LogP contribution in [0.2, 0.25) is 0 Å². The van der Waals surface area contributed by atoms with Crippen molar-refractivity contribution in [2.75, 3.05) is 6.54 Å². The third kappa shape index (κ3) is 0.397. The number of aliphatic hydroxyl groups is 1. The van der Waals surface area contributed by atoms with Crippen LogP contribution >= 0.6 is 0 Å². The van der Waals surface area contributed by atoms with Crippen molar-refractivity contribution in [2.45, 2.75) is 6.23 Å². The Hall–Kier alpha value is -0.120. The highest BCUT2D eigenvalue weighted by Crippen LogP contribution is 1.75. The number of aliphatic hydroxyl groups excluding tert-OH is 1. The molecule has 30 valence electrons. The summed E-state index contributed by atoms with van der Waals surface area (Å²) in [6.07, 6.45) is -0.296. The second kappa shape index (κ2) is 0.931. The molecule has 0 radical (unpaired) electrons. The first-order valence-electron chi connectivity index (χ1n) is 1.56. The average molecular weight is 74.1 g/mol. The normalized spacial score (nSPS) is 36.6. The summed E-state index contributed by atoms with van der Waals surface area (Å²) in [5.41, 5.74) is 5.17. The first kappa shape index (κ1) is 3.08. The zero-order valence-electron chi connectivity index (χ0n) is 2.73. The Labute approximate surface area is 30.0 Å². The van der Waals surface area contributed by atoms with E-state index in [4.69, 9.17) is 5.11 Å². The van der Waals surface area contributed by atoms with Gasteiger partial charge < -0.3 is 5.11 Å². The van der Waals surface area contributed by atoms with Crippen LogP contribution in [-0.4, -0.2) is 17.9 Å². The van der Waals surface area contributed by atoms with E-state index in [1.165, 1.54) is 0 Å². The molecule has 1 saturated heterocycles. The van der Waals surface area contributed by atoms with E-state index < -0.39 is 0 Å². The molecule has 3 N–H and O–H groups in total. The summed E-state index contributed by atoms with van der Waals surface area (Å²) < 4.78 is 0. The van der Waals surface area contributed by atoms with E-state index in [-0.39, 0.29) is 6.23 Å². The van der Waals surface area contributed by atoms with Crippen LogP contribution in [0, 0.1) is 0 Å². The molecule has 1 rings (SSSR count). The number of β-amino-alcohol motifs (C(OH)–C–C–N with tert-alkyl or cyclic N) is 1. The van der Waals surface area contributed by atoms with Gasteiger partial charge in [0.2, 0.25) is 0 Å². The summed E-state index contributed by atoms with van der Waals surface area (Å²) in [7, 11) is 0. The quantitative estimate of drug-likeness (QED) is 0.324. The van der Waals surface area contributed by atoms with Gasteiger partial charge in [-0.1, -0.05) is 0 Å². The average Bonchev–Trinajstić information content (AvgIpc) is 1.30. The topological polar surface area (TPSA) is 44.3 Å². The fourth-order valence-electron chi connectivity index (χ4n) is 0.193. The molecule has 1 fully saturated rings. The van der Waals surface area contributed by atoms with Crippen LogP contribution in [0.5, 0.6) is 0 Å². The fourth-order valence-corrected chi connectivity index (χ4v) is 0.193. The number of hydrogen-bond donors (Lipinski definition) is 3. The van der Waals surface area contributed by atoms with Gasteiger partial charge in [-0.25, -0.2) is 5.43 Å². The van der Waals surface area contributed by atoms with Gasteiger partial charge in [0.25, 0.3) is 0 Å². The number of hydrogen-bond acceptors (Lipinski definition) is 3. The highest BCUT2D eigenvalue weighted by molar-refractivity contribution is 4.59. The number of nitrogens with one attached hydrogen (secondary N) is 2. The van der Waals surface area contributed by atoms with E-state index in [1.54, 1.807) is 0 Å². The molecular formula is C2H6N2O. The zero-order chi connectivity index (χ0) is 3.70. The predicted octanol–water partition coefficient (Wildman–Crippen LogP) is -1.59. The van der Waals surface area contributed by atoms with Crippen molar-refractivity contribution >= 4 is 0 Å². The molecule has 1 atom stereocenters. The smallest absolute Gasteiger partial charge is 0.131 e. The Bertz CT molecular complexity index is 34.6. The van der Waals surface area contributed by atoms with Gasteiger partial charge in [-0.3, -0.25) is 5.43 Å². The summed E-state index contributed by atoms with van der Waals surface area (Å²) in [5.74, 6) is 0.